The SMILES string of the molecule is CC(C)c1cccc(C(C)C)c1-n1ccnc1-c1cncc(-n2c3cc(-n4c5ccccc5n5c6ccccc6nc45)ccc3n3c4ccccc4nc23)c1. The normalized spacial score (nSPS) is 12.3. The molecule has 0 atom stereocenters. The van der Waals surface area contributed by atoms with Crippen molar-refractivity contribution in [3.05, 3.63) is 151 Å². The molecule has 6 aromatic heterocycles. The number of nitrogens with zero attached hydrogens (tertiary/aromatic N) is 9. The molecule has 0 aliphatic carbocycles. The Morgan fingerprint density at radius 3 is 1.75 bits per heavy atom. The molecule has 0 aliphatic heterocycles. The molecule has 9 nitrogen and oxygen atoms in total. The van der Waals surface area contributed by atoms with Gasteiger partial charge in [0.1, 0.15) is 5.82 Å². The molecular formula is C46H37N9. The number of rotatable bonds is 6. The van der Waals surface area contributed by atoms with Crippen LogP contribution in [0, 0.1) is 0 Å². The quantitative estimate of drug-likeness (QED) is 0.172. The van der Waals surface area contributed by atoms with E-state index in [1.54, 1.807) is 0 Å². The van der Waals surface area contributed by atoms with Gasteiger partial charge in [0.05, 0.1) is 67.4 Å². The first-order valence-electron chi connectivity index (χ1n) is 18.9. The van der Waals surface area contributed by atoms with Gasteiger partial charge in [-0.25, -0.2) is 15.0 Å². The maximum Gasteiger partial charge on any atom is 0.220 e. The van der Waals surface area contributed by atoms with Gasteiger partial charge in [-0.3, -0.25) is 27.5 Å². The summed E-state index contributed by atoms with van der Waals surface area (Å²) in [5, 5.41) is 0. The fourth-order valence-corrected chi connectivity index (χ4v) is 8.55. The van der Waals surface area contributed by atoms with Gasteiger partial charge in [0.15, 0.2) is 0 Å². The van der Waals surface area contributed by atoms with Crippen LogP contribution in [0.5, 0.6) is 0 Å². The summed E-state index contributed by atoms with van der Waals surface area (Å²) in [6.07, 6.45) is 7.81. The lowest BCUT2D eigenvalue weighted by Gasteiger charge is -2.21. The Morgan fingerprint density at radius 1 is 0.509 bits per heavy atom. The third-order valence-corrected chi connectivity index (χ3v) is 11.0. The topological polar surface area (TPSA) is 75.2 Å². The van der Waals surface area contributed by atoms with E-state index in [0.717, 1.165) is 78.5 Å². The Kier molecular flexibility index (Phi) is 6.73. The molecule has 0 saturated carbocycles. The number of hydrogen-bond acceptors (Lipinski definition) is 4. The predicted molar refractivity (Wildman–Crippen MR) is 221 cm³/mol. The van der Waals surface area contributed by atoms with E-state index >= 15 is 0 Å². The van der Waals surface area contributed by atoms with Crippen LogP contribution in [0.4, 0.5) is 0 Å². The molecular weight excluding hydrogens is 679 g/mol. The van der Waals surface area contributed by atoms with Crippen molar-refractivity contribution in [2.45, 2.75) is 39.5 Å². The molecule has 0 spiro atoms. The third-order valence-electron chi connectivity index (χ3n) is 11.0. The predicted octanol–water partition coefficient (Wildman–Crippen LogP) is 10.7. The highest BCUT2D eigenvalue weighted by molar-refractivity contribution is 5.95. The van der Waals surface area contributed by atoms with Crippen LogP contribution < -0.4 is 0 Å². The Morgan fingerprint density at radius 2 is 1.09 bits per heavy atom. The lowest BCUT2D eigenvalue weighted by Crippen LogP contribution is -2.08. The van der Waals surface area contributed by atoms with Crippen molar-refractivity contribution in [2.24, 2.45) is 0 Å². The fourth-order valence-electron chi connectivity index (χ4n) is 8.55. The van der Waals surface area contributed by atoms with Crippen molar-refractivity contribution >= 4 is 55.7 Å². The number of pyridine rings is 1. The van der Waals surface area contributed by atoms with Gasteiger partial charge in [-0.05, 0) is 83.6 Å². The van der Waals surface area contributed by atoms with Crippen LogP contribution in [0.3, 0.4) is 0 Å². The summed E-state index contributed by atoms with van der Waals surface area (Å²) >= 11 is 0. The highest BCUT2D eigenvalue weighted by Gasteiger charge is 2.23. The van der Waals surface area contributed by atoms with Crippen LogP contribution in [-0.2, 0) is 0 Å². The molecule has 0 radical (unpaired) electrons. The van der Waals surface area contributed by atoms with E-state index in [9.17, 15) is 0 Å². The molecule has 9 heteroatoms. The summed E-state index contributed by atoms with van der Waals surface area (Å²) in [6.45, 7) is 9.01. The zero-order valence-electron chi connectivity index (χ0n) is 31.0. The average Bonchev–Trinajstić information content (AvgIpc) is 4.03. The van der Waals surface area contributed by atoms with Crippen molar-refractivity contribution in [3.63, 3.8) is 0 Å². The Hall–Kier alpha value is -7.00. The summed E-state index contributed by atoms with van der Waals surface area (Å²) in [5.41, 5.74) is 14.9. The highest BCUT2D eigenvalue weighted by Crippen LogP contribution is 2.37. The van der Waals surface area contributed by atoms with Gasteiger partial charge in [0.2, 0.25) is 11.6 Å². The first-order chi connectivity index (χ1) is 27.0. The first kappa shape index (κ1) is 31.5. The van der Waals surface area contributed by atoms with Crippen molar-refractivity contribution in [1.82, 2.24) is 42.4 Å². The van der Waals surface area contributed by atoms with Gasteiger partial charge in [-0.15, -0.1) is 0 Å². The summed E-state index contributed by atoms with van der Waals surface area (Å²) in [7, 11) is 0. The smallest absolute Gasteiger partial charge is 0.220 e. The van der Waals surface area contributed by atoms with E-state index in [2.05, 4.69) is 160 Å². The van der Waals surface area contributed by atoms with Gasteiger partial charge < -0.3 is 0 Å². The summed E-state index contributed by atoms with van der Waals surface area (Å²) < 4.78 is 11.2. The molecule has 266 valence electrons. The number of aromatic nitrogens is 9. The van der Waals surface area contributed by atoms with Crippen LogP contribution >= 0.6 is 0 Å². The molecule has 11 rings (SSSR count). The van der Waals surface area contributed by atoms with Crippen LogP contribution in [0.15, 0.2) is 140 Å². The van der Waals surface area contributed by atoms with Gasteiger partial charge in [-0.1, -0.05) is 82.3 Å². The summed E-state index contributed by atoms with van der Waals surface area (Å²) in [4.78, 5) is 20.2. The van der Waals surface area contributed by atoms with Crippen molar-refractivity contribution < 1.29 is 0 Å². The molecule has 0 amide bonds. The first-order valence-corrected chi connectivity index (χ1v) is 18.9. The van der Waals surface area contributed by atoms with Crippen LogP contribution in [0.25, 0.3) is 84.1 Å². The maximum atomic E-state index is 5.22. The number of hydrogen-bond donors (Lipinski definition) is 0. The second-order valence-corrected chi connectivity index (χ2v) is 15.0. The number of benzene rings is 5. The molecule has 11 aromatic rings. The maximum absolute atomic E-state index is 5.22. The number of para-hydroxylation sites is 7. The van der Waals surface area contributed by atoms with Crippen LogP contribution in [0.2, 0.25) is 0 Å². The van der Waals surface area contributed by atoms with E-state index in [4.69, 9.17) is 19.9 Å². The van der Waals surface area contributed by atoms with E-state index in [0.29, 0.717) is 11.8 Å². The lowest BCUT2D eigenvalue weighted by molar-refractivity contribution is 0.806. The summed E-state index contributed by atoms with van der Waals surface area (Å²) in [5.74, 6) is 3.22. The van der Waals surface area contributed by atoms with Crippen LogP contribution in [-0.4, -0.2) is 42.4 Å². The van der Waals surface area contributed by atoms with Crippen molar-refractivity contribution in [3.8, 4) is 28.5 Å². The number of imidazole rings is 5. The summed E-state index contributed by atoms with van der Waals surface area (Å²) in [6, 6.07) is 40.6. The Bertz CT molecular complexity index is 3260. The average molecular weight is 716 g/mol. The van der Waals surface area contributed by atoms with E-state index in [1.807, 2.05) is 30.7 Å². The Balaban J connectivity index is 1.17. The second-order valence-electron chi connectivity index (χ2n) is 15.0. The van der Waals surface area contributed by atoms with Gasteiger partial charge in [0.25, 0.3) is 0 Å². The molecule has 55 heavy (non-hydrogen) atoms. The van der Waals surface area contributed by atoms with Gasteiger partial charge >= 0.3 is 0 Å². The molecule has 5 aromatic carbocycles. The minimum absolute atomic E-state index is 0.343. The van der Waals surface area contributed by atoms with E-state index in [1.165, 1.54) is 16.8 Å². The van der Waals surface area contributed by atoms with Gasteiger partial charge in [-0.2, -0.15) is 0 Å². The van der Waals surface area contributed by atoms with E-state index in [-0.39, 0.29) is 0 Å². The molecule has 0 bridgehead atoms. The molecule has 0 N–H and O–H groups in total. The van der Waals surface area contributed by atoms with Crippen molar-refractivity contribution in [1.29, 1.82) is 0 Å². The molecule has 0 aliphatic rings. The minimum Gasteiger partial charge on any atom is -0.299 e. The monoisotopic (exact) mass is 715 g/mol. The van der Waals surface area contributed by atoms with Crippen molar-refractivity contribution in [2.75, 3.05) is 0 Å². The van der Waals surface area contributed by atoms with E-state index < -0.39 is 0 Å². The zero-order chi connectivity index (χ0) is 36.9. The minimum atomic E-state index is 0.343. The largest absolute Gasteiger partial charge is 0.299 e. The second kappa shape index (κ2) is 11.8. The van der Waals surface area contributed by atoms with Gasteiger partial charge in [0, 0.05) is 24.2 Å². The third kappa shape index (κ3) is 4.53. The molecule has 0 saturated heterocycles. The molecule has 0 unspecified atom stereocenters. The molecule has 0 fully saturated rings. The zero-order valence-corrected chi connectivity index (χ0v) is 31.0. The highest BCUT2D eigenvalue weighted by atomic mass is 15.2. The Labute approximate surface area is 316 Å². The number of fused-ring (bicyclic) bond motifs is 10. The standard InChI is InChI=1S/C46H37N9/c1-28(2)33-12-11-13-34(29(3)4)43(33)51-23-22-48-44(51)30-24-32(27-47-26-30)53-42-25-31(20-21-41(42)55-38-17-8-6-15-36(38)50-46(53)55)52-39-18-9-10-19-40(39)54-37-16-7-5-14-35(37)49-45(52)54/h5-29H,1-4H3. The molecule has 6 heterocycles. The fraction of sp³-hybridized carbons (Fsp3) is 0.130. The van der Waals surface area contributed by atoms with Crippen LogP contribution in [0.1, 0.15) is 50.7 Å². The lowest BCUT2D eigenvalue weighted by atomic mass is 9.92.